The van der Waals surface area contributed by atoms with E-state index in [0.29, 0.717) is 6.61 Å². The summed E-state index contributed by atoms with van der Waals surface area (Å²) in [5, 5.41) is 8.13. The quantitative estimate of drug-likeness (QED) is 0.444. The average Bonchev–Trinajstić information content (AvgIpc) is 2.59. The first-order chi connectivity index (χ1) is 11.6. The van der Waals surface area contributed by atoms with Crippen molar-refractivity contribution in [3.8, 4) is 5.75 Å². The molecule has 0 aliphatic heterocycles. The molecule has 0 aliphatic carbocycles. The highest BCUT2D eigenvalue weighted by molar-refractivity contribution is 9.10. The predicted octanol–water partition coefficient (Wildman–Crippen LogP) is 5.85. The molecule has 3 nitrogen and oxygen atoms in total. The van der Waals surface area contributed by atoms with Gasteiger partial charge in [-0.15, -0.1) is 0 Å². The Labute approximate surface area is 159 Å². The van der Waals surface area contributed by atoms with Crippen molar-refractivity contribution in [1.29, 1.82) is 5.41 Å². The Bertz CT molecular complexity index is 724. The first-order valence-electron chi connectivity index (χ1n) is 7.55. The number of methoxy groups -OCH3 is 1. The fourth-order valence-electron chi connectivity index (χ4n) is 2.53. The second-order valence-electron chi connectivity index (χ2n) is 5.08. The molecule has 0 spiro atoms. The number of halogens is 2. The van der Waals surface area contributed by atoms with Gasteiger partial charge >= 0.3 is 0 Å². The second kappa shape index (κ2) is 9.35. The summed E-state index contributed by atoms with van der Waals surface area (Å²) in [6, 6.07) is 11.7. The third kappa shape index (κ3) is 4.68. The van der Waals surface area contributed by atoms with Gasteiger partial charge in [-0.25, -0.2) is 0 Å². The van der Waals surface area contributed by atoms with Crippen LogP contribution in [0, 0.1) is 5.41 Å². The van der Waals surface area contributed by atoms with Crippen LogP contribution >= 0.6 is 37.6 Å². The minimum atomic E-state index is 0.182. The molecule has 0 saturated carbocycles. The van der Waals surface area contributed by atoms with Crippen molar-refractivity contribution in [1.82, 2.24) is 0 Å². The van der Waals surface area contributed by atoms with Crippen molar-refractivity contribution in [3.05, 3.63) is 57.6 Å². The maximum Gasteiger partial charge on any atom is 0.213 e. The van der Waals surface area contributed by atoms with E-state index in [9.17, 15) is 0 Å². The highest BCUT2D eigenvalue weighted by Gasteiger charge is 2.14. The molecule has 0 fully saturated rings. The standard InChI is InChI=1S/C18H19BrClNO2S/c1-3-23-18(21)15-5-4-6-17(24-20)14(15)9-7-12-11-13(19)8-10-16(12)22-2/h4-6,8,10-11,21H,3,7,9H2,1-2H3. The van der Waals surface area contributed by atoms with Gasteiger partial charge in [0, 0.05) is 14.9 Å². The van der Waals surface area contributed by atoms with Crippen molar-refractivity contribution in [2.45, 2.75) is 24.7 Å². The van der Waals surface area contributed by atoms with E-state index in [0.717, 1.165) is 44.6 Å². The molecule has 24 heavy (non-hydrogen) atoms. The third-order valence-electron chi connectivity index (χ3n) is 3.64. The Balaban J connectivity index is 2.32. The van der Waals surface area contributed by atoms with Gasteiger partial charge in [-0.2, -0.15) is 0 Å². The zero-order valence-electron chi connectivity index (χ0n) is 13.6. The minimum Gasteiger partial charge on any atom is -0.496 e. The summed E-state index contributed by atoms with van der Waals surface area (Å²) in [5.41, 5.74) is 2.92. The molecule has 0 atom stereocenters. The van der Waals surface area contributed by atoms with Crippen LogP contribution in [-0.4, -0.2) is 19.6 Å². The number of benzene rings is 2. The average molecular weight is 429 g/mol. The van der Waals surface area contributed by atoms with E-state index >= 15 is 0 Å². The van der Waals surface area contributed by atoms with E-state index < -0.39 is 0 Å². The van der Waals surface area contributed by atoms with Crippen molar-refractivity contribution in [2.75, 3.05) is 13.7 Å². The van der Waals surface area contributed by atoms with Crippen LogP contribution in [0.5, 0.6) is 5.75 Å². The number of hydrogen-bond donors (Lipinski definition) is 1. The molecule has 0 aliphatic rings. The minimum absolute atomic E-state index is 0.182. The summed E-state index contributed by atoms with van der Waals surface area (Å²) in [7, 11) is 8.87. The Kier molecular flexibility index (Phi) is 7.46. The monoisotopic (exact) mass is 427 g/mol. The van der Waals surface area contributed by atoms with Crippen molar-refractivity contribution in [3.63, 3.8) is 0 Å². The van der Waals surface area contributed by atoms with Crippen LogP contribution in [0.25, 0.3) is 0 Å². The van der Waals surface area contributed by atoms with Gasteiger partial charge in [0.15, 0.2) is 0 Å². The fraction of sp³-hybridized carbons (Fsp3) is 0.278. The predicted molar refractivity (Wildman–Crippen MR) is 105 cm³/mol. The zero-order valence-corrected chi connectivity index (χ0v) is 16.7. The van der Waals surface area contributed by atoms with Crippen LogP contribution in [-0.2, 0) is 17.6 Å². The summed E-state index contributed by atoms with van der Waals surface area (Å²) < 4.78 is 11.8. The van der Waals surface area contributed by atoms with Crippen LogP contribution in [0.1, 0.15) is 23.6 Å². The third-order valence-corrected chi connectivity index (χ3v) is 5.18. The Morgan fingerprint density at radius 3 is 2.71 bits per heavy atom. The summed E-state index contributed by atoms with van der Waals surface area (Å²) in [5.74, 6) is 1.04. The van der Waals surface area contributed by atoms with Gasteiger partial charge in [-0.3, -0.25) is 5.41 Å². The Hall–Kier alpha value is -1.17. The number of ether oxygens (including phenoxy) is 2. The normalized spacial score (nSPS) is 10.5. The van der Waals surface area contributed by atoms with E-state index in [4.69, 9.17) is 25.6 Å². The topological polar surface area (TPSA) is 42.3 Å². The largest absolute Gasteiger partial charge is 0.496 e. The molecule has 0 saturated heterocycles. The van der Waals surface area contributed by atoms with Crippen molar-refractivity contribution in [2.24, 2.45) is 0 Å². The van der Waals surface area contributed by atoms with Crippen LogP contribution in [0.2, 0.25) is 0 Å². The summed E-state index contributed by atoms with van der Waals surface area (Å²) in [6.07, 6.45) is 1.52. The fourth-order valence-corrected chi connectivity index (χ4v) is 3.81. The molecule has 0 bridgehead atoms. The van der Waals surface area contributed by atoms with Gasteiger partial charge in [0.25, 0.3) is 0 Å². The molecule has 2 aromatic carbocycles. The first-order valence-corrected chi connectivity index (χ1v) is 9.98. The lowest BCUT2D eigenvalue weighted by Crippen LogP contribution is -2.10. The second-order valence-corrected chi connectivity index (χ2v) is 7.05. The van der Waals surface area contributed by atoms with Gasteiger partial charge in [0.05, 0.1) is 13.7 Å². The van der Waals surface area contributed by atoms with Gasteiger partial charge in [-0.1, -0.05) is 22.0 Å². The number of rotatable bonds is 7. The SMILES string of the molecule is CCOC(=N)c1cccc(SCl)c1CCc1cc(Br)ccc1OC. The van der Waals surface area contributed by atoms with Crippen LogP contribution in [0.4, 0.5) is 0 Å². The summed E-state index contributed by atoms with van der Waals surface area (Å²) in [4.78, 5) is 0.951. The lowest BCUT2D eigenvalue weighted by atomic mass is 9.99. The Morgan fingerprint density at radius 1 is 1.25 bits per heavy atom. The molecule has 0 aromatic heterocycles. The zero-order chi connectivity index (χ0) is 17.5. The smallest absolute Gasteiger partial charge is 0.213 e. The molecular weight excluding hydrogens is 410 g/mol. The highest BCUT2D eigenvalue weighted by Crippen LogP contribution is 2.31. The maximum absolute atomic E-state index is 8.13. The van der Waals surface area contributed by atoms with E-state index in [2.05, 4.69) is 22.0 Å². The van der Waals surface area contributed by atoms with Crippen molar-refractivity contribution < 1.29 is 9.47 Å². The molecule has 128 valence electrons. The molecule has 0 heterocycles. The molecule has 1 N–H and O–H groups in total. The molecular formula is C18H19BrClNO2S. The van der Waals surface area contributed by atoms with Crippen LogP contribution < -0.4 is 4.74 Å². The van der Waals surface area contributed by atoms with Gasteiger partial charge in [0.2, 0.25) is 5.90 Å². The number of aryl methyl sites for hydroxylation is 1. The molecule has 2 aromatic rings. The number of nitrogens with one attached hydrogen (secondary N) is 1. The lowest BCUT2D eigenvalue weighted by Gasteiger charge is -2.15. The summed E-state index contributed by atoms with van der Waals surface area (Å²) >= 11 is 3.50. The van der Waals surface area contributed by atoms with Crippen LogP contribution in [0.3, 0.4) is 0 Å². The molecule has 0 unspecified atom stereocenters. The Morgan fingerprint density at radius 2 is 2.04 bits per heavy atom. The van der Waals surface area contributed by atoms with E-state index in [1.165, 1.54) is 11.0 Å². The lowest BCUT2D eigenvalue weighted by molar-refractivity contribution is 0.325. The van der Waals surface area contributed by atoms with Gasteiger partial charge in [-0.05, 0) is 82.9 Å². The molecule has 2 rings (SSSR count). The van der Waals surface area contributed by atoms with E-state index in [1.807, 2.05) is 37.3 Å². The van der Waals surface area contributed by atoms with E-state index in [1.54, 1.807) is 7.11 Å². The van der Waals surface area contributed by atoms with Crippen molar-refractivity contribution >= 4 is 43.5 Å². The number of hydrogen-bond acceptors (Lipinski definition) is 4. The van der Waals surface area contributed by atoms with Gasteiger partial charge < -0.3 is 9.47 Å². The maximum atomic E-state index is 8.13. The summed E-state index contributed by atoms with van der Waals surface area (Å²) in [6.45, 7) is 2.34. The molecule has 6 heteroatoms. The molecule has 0 amide bonds. The van der Waals surface area contributed by atoms with Gasteiger partial charge in [0.1, 0.15) is 5.75 Å². The van der Waals surface area contributed by atoms with Crippen LogP contribution in [0.15, 0.2) is 45.8 Å². The first kappa shape index (κ1) is 19.2. The highest BCUT2D eigenvalue weighted by atomic mass is 79.9. The molecule has 0 radical (unpaired) electrons. The van der Waals surface area contributed by atoms with E-state index in [-0.39, 0.29) is 5.90 Å².